The fraction of sp³-hybridized carbons (Fsp3) is 0.261. The molecular formula is C23H24N6O2. The number of tetrazole rings is 1. The number of H-pyrrole nitrogens is 1. The number of nitrogens with zero attached hydrogens (tertiary/aromatic N) is 5. The Bertz CT molecular complexity index is 1240. The van der Waals surface area contributed by atoms with Gasteiger partial charge in [-0.05, 0) is 35.2 Å². The van der Waals surface area contributed by atoms with Gasteiger partial charge in [-0.3, -0.25) is 13.9 Å². The first-order valence-corrected chi connectivity index (χ1v) is 10.4. The Balaban J connectivity index is 1.68. The molecule has 0 amide bonds. The molecule has 0 unspecified atom stereocenters. The number of carbonyl (C=O) groups is 1. The molecule has 0 aliphatic carbocycles. The Morgan fingerprint density at radius 2 is 1.74 bits per heavy atom. The summed E-state index contributed by atoms with van der Waals surface area (Å²) in [5.74, 6) is 0.540. The van der Waals surface area contributed by atoms with Crippen LogP contribution in [0.4, 0.5) is 0 Å². The minimum atomic E-state index is -0.139. The van der Waals surface area contributed by atoms with Crippen molar-refractivity contribution >= 4 is 6.29 Å². The molecule has 0 saturated heterocycles. The van der Waals surface area contributed by atoms with Crippen LogP contribution in [0.5, 0.6) is 0 Å². The van der Waals surface area contributed by atoms with Crippen molar-refractivity contribution < 1.29 is 4.79 Å². The number of hydrogen-bond acceptors (Lipinski definition) is 5. The standard InChI is InChI=1S/C23H24N6O2/c1-3-7-20-21(15-30)28(4-2)23(31)29(20)14-16-10-12-17(13-11-16)18-8-5-6-9-19(18)22-24-26-27-25-22/h5-6,8-13,15H,3-4,7,14H2,1-2H3,(H,24,25,26,27). The highest BCUT2D eigenvalue weighted by molar-refractivity contribution is 5.80. The van der Waals surface area contributed by atoms with Crippen molar-refractivity contribution in [1.82, 2.24) is 29.8 Å². The smallest absolute Gasteiger partial charge is 0.296 e. The number of imidazole rings is 1. The van der Waals surface area contributed by atoms with Gasteiger partial charge in [0.2, 0.25) is 5.82 Å². The van der Waals surface area contributed by atoms with E-state index in [0.29, 0.717) is 31.0 Å². The topological polar surface area (TPSA) is 98.5 Å². The molecule has 0 radical (unpaired) electrons. The lowest BCUT2D eigenvalue weighted by atomic mass is 9.98. The van der Waals surface area contributed by atoms with Crippen molar-refractivity contribution in [3.05, 3.63) is 76.0 Å². The molecule has 0 bridgehead atoms. The average molecular weight is 416 g/mol. The largest absolute Gasteiger partial charge is 0.329 e. The predicted molar refractivity (Wildman–Crippen MR) is 118 cm³/mol. The van der Waals surface area contributed by atoms with Gasteiger partial charge in [0, 0.05) is 12.1 Å². The molecule has 158 valence electrons. The number of nitrogens with one attached hydrogen (secondary N) is 1. The summed E-state index contributed by atoms with van der Waals surface area (Å²) in [6.07, 6.45) is 2.34. The van der Waals surface area contributed by atoms with Gasteiger partial charge in [0.05, 0.1) is 12.2 Å². The fourth-order valence-electron chi connectivity index (χ4n) is 3.94. The van der Waals surface area contributed by atoms with Crippen LogP contribution >= 0.6 is 0 Å². The molecule has 2 heterocycles. The van der Waals surface area contributed by atoms with Gasteiger partial charge in [-0.2, -0.15) is 5.21 Å². The first kappa shape index (κ1) is 20.5. The molecule has 0 atom stereocenters. The Labute approximate surface area is 179 Å². The average Bonchev–Trinajstić information content (AvgIpc) is 3.42. The van der Waals surface area contributed by atoms with E-state index in [-0.39, 0.29) is 5.69 Å². The van der Waals surface area contributed by atoms with E-state index < -0.39 is 0 Å². The SMILES string of the molecule is CCCc1c(C=O)n(CC)c(=O)n1Cc1ccc(-c2ccccc2-c2nn[nH]n2)cc1. The van der Waals surface area contributed by atoms with Gasteiger partial charge in [0.1, 0.15) is 5.69 Å². The first-order valence-electron chi connectivity index (χ1n) is 10.4. The summed E-state index contributed by atoms with van der Waals surface area (Å²) >= 11 is 0. The van der Waals surface area contributed by atoms with Crippen LogP contribution in [-0.2, 0) is 19.5 Å². The number of hydrogen-bond donors (Lipinski definition) is 1. The van der Waals surface area contributed by atoms with Gasteiger partial charge in [-0.15, -0.1) is 10.2 Å². The summed E-state index contributed by atoms with van der Waals surface area (Å²) in [6.45, 7) is 4.82. The maximum Gasteiger partial charge on any atom is 0.329 e. The summed E-state index contributed by atoms with van der Waals surface area (Å²) < 4.78 is 3.27. The molecular weight excluding hydrogens is 392 g/mol. The summed E-state index contributed by atoms with van der Waals surface area (Å²) in [7, 11) is 0. The lowest BCUT2D eigenvalue weighted by Crippen LogP contribution is -2.25. The van der Waals surface area contributed by atoms with Crippen LogP contribution in [0.2, 0.25) is 0 Å². The van der Waals surface area contributed by atoms with Gasteiger partial charge in [0.25, 0.3) is 0 Å². The fourth-order valence-corrected chi connectivity index (χ4v) is 3.94. The van der Waals surface area contributed by atoms with Gasteiger partial charge < -0.3 is 0 Å². The lowest BCUT2D eigenvalue weighted by Gasteiger charge is -2.10. The minimum absolute atomic E-state index is 0.139. The number of rotatable bonds is 8. The predicted octanol–water partition coefficient (Wildman–Crippen LogP) is 3.33. The lowest BCUT2D eigenvalue weighted by molar-refractivity contribution is 0.111. The van der Waals surface area contributed by atoms with E-state index in [4.69, 9.17) is 0 Å². The second-order valence-electron chi connectivity index (χ2n) is 7.29. The van der Waals surface area contributed by atoms with Crippen molar-refractivity contribution in [1.29, 1.82) is 0 Å². The Morgan fingerprint density at radius 3 is 2.35 bits per heavy atom. The van der Waals surface area contributed by atoms with Crippen LogP contribution in [0.25, 0.3) is 22.5 Å². The van der Waals surface area contributed by atoms with Crippen molar-refractivity contribution in [3.8, 4) is 22.5 Å². The minimum Gasteiger partial charge on any atom is -0.296 e. The van der Waals surface area contributed by atoms with Gasteiger partial charge in [0.15, 0.2) is 6.29 Å². The van der Waals surface area contributed by atoms with Gasteiger partial charge in [-0.25, -0.2) is 4.79 Å². The molecule has 2 aromatic heterocycles. The summed E-state index contributed by atoms with van der Waals surface area (Å²) in [6, 6.07) is 15.9. The zero-order chi connectivity index (χ0) is 21.8. The Hall–Kier alpha value is -3.81. The van der Waals surface area contributed by atoms with Gasteiger partial charge >= 0.3 is 5.69 Å². The molecule has 0 aliphatic heterocycles. The maximum absolute atomic E-state index is 12.9. The number of aromatic nitrogens is 6. The molecule has 0 fully saturated rings. The highest BCUT2D eigenvalue weighted by Crippen LogP contribution is 2.29. The van der Waals surface area contributed by atoms with Crippen LogP contribution in [0.3, 0.4) is 0 Å². The van der Waals surface area contributed by atoms with E-state index in [1.165, 1.54) is 0 Å². The molecule has 4 rings (SSSR count). The van der Waals surface area contributed by atoms with Crippen LogP contribution in [0, 0.1) is 0 Å². The zero-order valence-corrected chi connectivity index (χ0v) is 17.6. The van der Waals surface area contributed by atoms with Crippen LogP contribution < -0.4 is 5.69 Å². The van der Waals surface area contributed by atoms with E-state index in [0.717, 1.165) is 40.7 Å². The van der Waals surface area contributed by atoms with Crippen LogP contribution in [-0.4, -0.2) is 36.0 Å². The molecule has 8 nitrogen and oxygen atoms in total. The molecule has 8 heteroatoms. The molecule has 0 spiro atoms. The maximum atomic E-state index is 12.9. The summed E-state index contributed by atoms with van der Waals surface area (Å²) in [4.78, 5) is 24.5. The second kappa shape index (κ2) is 8.91. The van der Waals surface area contributed by atoms with Crippen molar-refractivity contribution in [2.45, 2.75) is 39.8 Å². The number of carbonyl (C=O) groups excluding carboxylic acids is 1. The van der Waals surface area contributed by atoms with E-state index in [1.54, 1.807) is 9.13 Å². The van der Waals surface area contributed by atoms with E-state index in [9.17, 15) is 9.59 Å². The van der Waals surface area contributed by atoms with E-state index in [1.807, 2.05) is 62.4 Å². The molecule has 4 aromatic rings. The quantitative estimate of drug-likeness (QED) is 0.444. The van der Waals surface area contributed by atoms with Gasteiger partial charge in [-0.1, -0.05) is 61.9 Å². The normalized spacial score (nSPS) is 11.0. The third-order valence-corrected chi connectivity index (χ3v) is 5.41. The second-order valence-corrected chi connectivity index (χ2v) is 7.29. The molecule has 1 N–H and O–H groups in total. The highest BCUT2D eigenvalue weighted by atomic mass is 16.2. The third-order valence-electron chi connectivity index (χ3n) is 5.41. The number of benzene rings is 2. The monoisotopic (exact) mass is 416 g/mol. The summed E-state index contributed by atoms with van der Waals surface area (Å²) in [5, 5.41) is 14.3. The zero-order valence-electron chi connectivity index (χ0n) is 17.6. The van der Waals surface area contributed by atoms with Crippen molar-refractivity contribution in [2.75, 3.05) is 0 Å². The molecule has 2 aromatic carbocycles. The van der Waals surface area contributed by atoms with E-state index in [2.05, 4.69) is 20.6 Å². The van der Waals surface area contributed by atoms with Crippen LogP contribution in [0.15, 0.2) is 53.3 Å². The van der Waals surface area contributed by atoms with E-state index >= 15 is 0 Å². The Morgan fingerprint density at radius 1 is 1.00 bits per heavy atom. The number of aldehydes is 1. The highest BCUT2D eigenvalue weighted by Gasteiger charge is 2.18. The van der Waals surface area contributed by atoms with Crippen molar-refractivity contribution in [2.24, 2.45) is 0 Å². The van der Waals surface area contributed by atoms with Crippen molar-refractivity contribution in [3.63, 3.8) is 0 Å². The first-order chi connectivity index (χ1) is 15.2. The molecule has 0 saturated carbocycles. The molecule has 0 aliphatic rings. The Kier molecular flexibility index (Phi) is 5.88. The van der Waals surface area contributed by atoms with Crippen LogP contribution in [0.1, 0.15) is 42.0 Å². The third kappa shape index (κ3) is 3.84. The number of aromatic amines is 1. The summed E-state index contributed by atoms with van der Waals surface area (Å²) in [5.41, 5.74) is 5.05. The molecule has 31 heavy (non-hydrogen) atoms.